The van der Waals surface area contributed by atoms with Crippen molar-refractivity contribution in [1.29, 1.82) is 0 Å². The summed E-state index contributed by atoms with van der Waals surface area (Å²) in [7, 11) is 0. The Bertz CT molecular complexity index is 526. The Morgan fingerprint density at radius 2 is 2.00 bits per heavy atom. The number of alkyl halides is 3. The average molecular weight is 273 g/mol. The zero-order chi connectivity index (χ0) is 14.0. The van der Waals surface area contributed by atoms with Gasteiger partial charge in [0, 0.05) is 11.8 Å². The Hall–Kier alpha value is -2.18. The minimum Gasteiger partial charge on any atom is -0.454 e. The highest BCUT2D eigenvalue weighted by Gasteiger charge is 2.39. The molecule has 1 heterocycles. The van der Waals surface area contributed by atoms with Crippen LogP contribution in [0, 0.1) is 0 Å². The molecule has 1 N–H and O–H groups in total. The summed E-state index contributed by atoms with van der Waals surface area (Å²) in [5.41, 5.74) is 0.503. The van der Waals surface area contributed by atoms with Gasteiger partial charge in [0.15, 0.2) is 11.5 Å². The first-order valence-electron chi connectivity index (χ1n) is 5.33. The van der Waals surface area contributed by atoms with Gasteiger partial charge in [-0.15, -0.1) is 6.58 Å². The minimum atomic E-state index is -4.94. The highest BCUT2D eigenvalue weighted by molar-refractivity contribution is 5.96. The van der Waals surface area contributed by atoms with Crippen molar-refractivity contribution in [1.82, 2.24) is 0 Å². The van der Waals surface area contributed by atoms with Crippen LogP contribution >= 0.6 is 0 Å². The molecule has 7 heteroatoms. The Morgan fingerprint density at radius 1 is 1.37 bits per heavy atom. The lowest BCUT2D eigenvalue weighted by Crippen LogP contribution is -2.30. The van der Waals surface area contributed by atoms with Gasteiger partial charge < -0.3 is 14.8 Å². The summed E-state index contributed by atoms with van der Waals surface area (Å²) in [5.74, 6) is -1.30. The zero-order valence-electron chi connectivity index (χ0n) is 9.71. The average Bonchev–Trinajstić information content (AvgIpc) is 2.75. The first-order chi connectivity index (χ1) is 8.91. The summed E-state index contributed by atoms with van der Waals surface area (Å²) in [6, 6.07) is 2.83. The van der Waals surface area contributed by atoms with Gasteiger partial charge in [0.25, 0.3) is 0 Å². The van der Waals surface area contributed by atoms with E-state index in [2.05, 4.69) is 6.58 Å². The molecule has 2 rings (SSSR count). The fraction of sp³-hybridized carbons (Fsp3) is 0.250. The fourth-order valence-corrected chi connectivity index (χ4v) is 1.62. The van der Waals surface area contributed by atoms with Gasteiger partial charge >= 0.3 is 12.1 Å². The lowest BCUT2D eigenvalue weighted by molar-refractivity contribution is -0.167. The van der Waals surface area contributed by atoms with Gasteiger partial charge in [0.1, 0.15) is 0 Å². The van der Waals surface area contributed by atoms with E-state index in [0.29, 0.717) is 23.5 Å². The van der Waals surface area contributed by atoms with Crippen LogP contribution in [0.4, 0.5) is 18.9 Å². The first kappa shape index (κ1) is 13.3. The highest BCUT2D eigenvalue weighted by Crippen LogP contribution is 2.37. The van der Waals surface area contributed by atoms with Crippen LogP contribution in [0.1, 0.15) is 5.56 Å². The van der Waals surface area contributed by atoms with E-state index in [4.69, 9.17) is 9.47 Å². The number of benzene rings is 1. The van der Waals surface area contributed by atoms with Gasteiger partial charge in [-0.2, -0.15) is 13.2 Å². The molecule has 0 unspecified atom stereocenters. The molecule has 0 atom stereocenters. The Morgan fingerprint density at radius 3 is 2.58 bits per heavy atom. The quantitative estimate of drug-likeness (QED) is 0.861. The van der Waals surface area contributed by atoms with E-state index in [1.807, 2.05) is 5.32 Å². The second-order valence-corrected chi connectivity index (χ2v) is 3.81. The van der Waals surface area contributed by atoms with Gasteiger partial charge in [0.05, 0.1) is 0 Å². The van der Waals surface area contributed by atoms with Crippen LogP contribution in [0.3, 0.4) is 0 Å². The van der Waals surface area contributed by atoms with Crippen molar-refractivity contribution in [2.24, 2.45) is 0 Å². The molecule has 1 aromatic carbocycles. The lowest BCUT2D eigenvalue weighted by Gasteiger charge is -2.12. The number of nitrogens with one attached hydrogen (secondary N) is 1. The van der Waals surface area contributed by atoms with Gasteiger partial charge in [0.2, 0.25) is 6.79 Å². The molecule has 1 aliphatic rings. The summed E-state index contributed by atoms with van der Waals surface area (Å²) in [6.45, 7) is 3.51. The predicted octanol–water partition coefficient (Wildman–Crippen LogP) is 2.64. The van der Waals surface area contributed by atoms with Crippen LogP contribution in [0.25, 0.3) is 0 Å². The molecule has 1 amide bonds. The number of amides is 1. The normalized spacial score (nSPS) is 13.2. The summed E-state index contributed by atoms with van der Waals surface area (Å²) >= 11 is 0. The number of ether oxygens (including phenoxy) is 2. The van der Waals surface area contributed by atoms with Crippen LogP contribution in [0.5, 0.6) is 11.5 Å². The minimum absolute atomic E-state index is 0.000463. The van der Waals surface area contributed by atoms with E-state index in [9.17, 15) is 18.0 Å². The second-order valence-electron chi connectivity index (χ2n) is 3.81. The smallest absolute Gasteiger partial charge is 0.454 e. The molecule has 1 aliphatic heterocycles. The highest BCUT2D eigenvalue weighted by atomic mass is 19.4. The standard InChI is InChI=1S/C12H10F3NO3/c1-2-3-7-4-9-10(19-6-18-9)5-8(7)16-11(17)12(13,14)15/h2,4-5H,1,3,6H2,(H,16,17). The van der Waals surface area contributed by atoms with Gasteiger partial charge in [-0.25, -0.2) is 0 Å². The van der Waals surface area contributed by atoms with Crippen molar-refractivity contribution >= 4 is 11.6 Å². The predicted molar refractivity (Wildman–Crippen MR) is 61.2 cm³/mol. The molecule has 0 saturated carbocycles. The summed E-state index contributed by atoms with van der Waals surface area (Å²) in [5, 5.41) is 1.82. The number of allylic oxidation sites excluding steroid dienone is 1. The molecular weight excluding hydrogens is 263 g/mol. The number of hydrogen-bond acceptors (Lipinski definition) is 3. The van der Waals surface area contributed by atoms with E-state index < -0.39 is 12.1 Å². The molecule has 19 heavy (non-hydrogen) atoms. The van der Waals surface area contributed by atoms with Gasteiger partial charge in [-0.05, 0) is 18.1 Å². The molecule has 0 fully saturated rings. The van der Waals surface area contributed by atoms with E-state index in [-0.39, 0.29) is 12.5 Å². The zero-order valence-corrected chi connectivity index (χ0v) is 9.71. The first-order valence-corrected chi connectivity index (χ1v) is 5.33. The van der Waals surface area contributed by atoms with Crippen LogP contribution in [0.2, 0.25) is 0 Å². The number of fused-ring (bicyclic) bond motifs is 1. The number of carbonyl (C=O) groups excluding carboxylic acids is 1. The summed E-state index contributed by atoms with van der Waals surface area (Å²) < 4.78 is 46.9. The van der Waals surface area contributed by atoms with Gasteiger partial charge in [-0.3, -0.25) is 4.79 Å². The molecule has 0 bridgehead atoms. The van der Waals surface area contributed by atoms with Crippen LogP contribution in [-0.4, -0.2) is 18.9 Å². The number of halogens is 3. The number of hydrogen-bond donors (Lipinski definition) is 1. The van der Waals surface area contributed by atoms with Crippen LogP contribution in [-0.2, 0) is 11.2 Å². The molecule has 1 aromatic rings. The maximum absolute atomic E-state index is 12.2. The van der Waals surface area contributed by atoms with E-state index in [0.717, 1.165) is 0 Å². The van der Waals surface area contributed by atoms with Crippen molar-refractivity contribution in [2.45, 2.75) is 12.6 Å². The van der Waals surface area contributed by atoms with Crippen molar-refractivity contribution in [3.05, 3.63) is 30.4 Å². The molecule has 0 aliphatic carbocycles. The second kappa shape index (κ2) is 4.83. The topological polar surface area (TPSA) is 47.6 Å². The van der Waals surface area contributed by atoms with Crippen molar-refractivity contribution < 1.29 is 27.4 Å². The molecule has 0 radical (unpaired) electrons. The molecule has 0 saturated heterocycles. The monoisotopic (exact) mass is 273 g/mol. The van der Waals surface area contributed by atoms with E-state index >= 15 is 0 Å². The van der Waals surface area contributed by atoms with E-state index in [1.54, 1.807) is 0 Å². The number of carbonyl (C=O) groups is 1. The maximum Gasteiger partial charge on any atom is 0.471 e. The molecular formula is C12H10F3NO3. The summed E-state index contributed by atoms with van der Waals surface area (Å²) in [4.78, 5) is 11.0. The van der Waals surface area contributed by atoms with Gasteiger partial charge in [-0.1, -0.05) is 6.08 Å². The van der Waals surface area contributed by atoms with Crippen molar-refractivity contribution in [3.8, 4) is 11.5 Å². The van der Waals surface area contributed by atoms with E-state index in [1.165, 1.54) is 18.2 Å². The fourth-order valence-electron chi connectivity index (χ4n) is 1.62. The summed E-state index contributed by atoms with van der Waals surface area (Å²) in [6.07, 6.45) is -3.13. The number of anilines is 1. The number of rotatable bonds is 3. The van der Waals surface area contributed by atoms with Crippen molar-refractivity contribution in [3.63, 3.8) is 0 Å². The Labute approximate surface area is 106 Å². The third kappa shape index (κ3) is 2.81. The lowest BCUT2D eigenvalue weighted by atomic mass is 10.1. The third-order valence-electron chi connectivity index (χ3n) is 2.47. The van der Waals surface area contributed by atoms with Crippen LogP contribution < -0.4 is 14.8 Å². The molecule has 0 aromatic heterocycles. The van der Waals surface area contributed by atoms with Crippen LogP contribution in [0.15, 0.2) is 24.8 Å². The SMILES string of the molecule is C=CCc1cc2c(cc1NC(=O)C(F)(F)F)OCO2. The van der Waals surface area contributed by atoms with Crippen molar-refractivity contribution in [2.75, 3.05) is 12.1 Å². The Kier molecular flexibility index (Phi) is 3.37. The molecule has 102 valence electrons. The molecule has 4 nitrogen and oxygen atoms in total. The largest absolute Gasteiger partial charge is 0.471 e. The third-order valence-corrected chi connectivity index (χ3v) is 2.47. The Balaban J connectivity index is 2.33. The maximum atomic E-state index is 12.2. The molecule has 0 spiro atoms.